The SMILES string of the molecule is CC.CN=C(/C(=C\N)NC(=O)c1nc(-c2cc(F)ccc2F)sc1N)N1CCCC(F)CC1. The number of carbonyl (C=O) groups is 1. The number of nitrogens with zero attached hydrogens (tertiary/aromatic N) is 3. The van der Waals surface area contributed by atoms with Gasteiger partial charge in [-0.1, -0.05) is 25.2 Å². The minimum absolute atomic E-state index is 0.0394. The van der Waals surface area contributed by atoms with Crippen LogP contribution in [0, 0.1) is 11.6 Å². The maximum absolute atomic E-state index is 14.1. The topological polar surface area (TPSA) is 110 Å². The molecular formula is C22H29F3N6OS. The van der Waals surface area contributed by atoms with Gasteiger partial charge >= 0.3 is 0 Å². The molecule has 0 aliphatic carbocycles. The molecular weight excluding hydrogens is 453 g/mol. The number of aliphatic imine (C=N–C) groups is 1. The van der Waals surface area contributed by atoms with E-state index in [1.807, 2.05) is 18.7 Å². The molecule has 180 valence electrons. The van der Waals surface area contributed by atoms with Crippen LogP contribution in [-0.2, 0) is 0 Å². The Balaban J connectivity index is 0.00000187. The van der Waals surface area contributed by atoms with Gasteiger partial charge in [-0.05, 0) is 37.5 Å². The molecule has 1 amide bonds. The molecule has 1 atom stereocenters. The number of anilines is 1. The van der Waals surface area contributed by atoms with E-state index in [2.05, 4.69) is 15.3 Å². The van der Waals surface area contributed by atoms with Crippen LogP contribution in [0.2, 0.25) is 0 Å². The summed E-state index contributed by atoms with van der Waals surface area (Å²) in [5, 5.41) is 2.73. The van der Waals surface area contributed by atoms with Gasteiger partial charge in [0.2, 0.25) is 0 Å². The van der Waals surface area contributed by atoms with Gasteiger partial charge < -0.3 is 21.7 Å². The van der Waals surface area contributed by atoms with Crippen molar-refractivity contribution >= 4 is 28.1 Å². The number of hydrogen-bond donors (Lipinski definition) is 3. The molecule has 1 unspecified atom stereocenters. The number of benzene rings is 1. The highest BCUT2D eigenvalue weighted by molar-refractivity contribution is 7.19. The molecule has 1 saturated heterocycles. The van der Waals surface area contributed by atoms with Crippen molar-refractivity contribution in [1.29, 1.82) is 0 Å². The van der Waals surface area contributed by atoms with Crippen LogP contribution in [0.3, 0.4) is 0 Å². The van der Waals surface area contributed by atoms with E-state index in [0.717, 1.165) is 29.5 Å². The average molecular weight is 483 g/mol. The summed E-state index contributed by atoms with van der Waals surface area (Å²) < 4.78 is 41.3. The first-order valence-electron chi connectivity index (χ1n) is 10.6. The number of hydrogen-bond acceptors (Lipinski definition) is 6. The van der Waals surface area contributed by atoms with Crippen molar-refractivity contribution in [1.82, 2.24) is 15.2 Å². The van der Waals surface area contributed by atoms with Crippen LogP contribution in [0.5, 0.6) is 0 Å². The Morgan fingerprint density at radius 1 is 1.30 bits per heavy atom. The fourth-order valence-corrected chi connectivity index (χ4v) is 4.17. The molecule has 1 aromatic carbocycles. The molecule has 1 aliphatic rings. The van der Waals surface area contributed by atoms with E-state index in [1.165, 1.54) is 6.20 Å². The third-order valence-corrected chi connectivity index (χ3v) is 5.77. The third-order valence-electron chi connectivity index (χ3n) is 4.85. The van der Waals surface area contributed by atoms with Gasteiger partial charge in [0.1, 0.15) is 33.7 Å². The second kappa shape index (κ2) is 12.2. The molecule has 33 heavy (non-hydrogen) atoms. The monoisotopic (exact) mass is 482 g/mol. The summed E-state index contributed by atoms with van der Waals surface area (Å²) >= 11 is 0.865. The number of rotatable bonds is 4. The molecule has 0 radical (unpaired) electrons. The highest BCUT2D eigenvalue weighted by atomic mass is 32.1. The lowest BCUT2D eigenvalue weighted by Gasteiger charge is -2.25. The first-order valence-corrected chi connectivity index (χ1v) is 11.5. The minimum atomic E-state index is -0.876. The predicted molar refractivity (Wildman–Crippen MR) is 127 cm³/mol. The fourth-order valence-electron chi connectivity index (χ4n) is 3.32. The van der Waals surface area contributed by atoms with Gasteiger partial charge in [-0.25, -0.2) is 18.2 Å². The summed E-state index contributed by atoms with van der Waals surface area (Å²) in [7, 11) is 1.55. The Morgan fingerprint density at radius 2 is 2.03 bits per heavy atom. The Labute approximate surface area is 195 Å². The Morgan fingerprint density at radius 3 is 2.70 bits per heavy atom. The van der Waals surface area contributed by atoms with Crippen LogP contribution in [0.15, 0.2) is 35.1 Å². The summed E-state index contributed by atoms with van der Waals surface area (Å²) in [5.41, 5.74) is 11.6. The zero-order valence-electron chi connectivity index (χ0n) is 18.9. The highest BCUT2D eigenvalue weighted by Gasteiger charge is 2.25. The number of nitrogens with one attached hydrogen (secondary N) is 1. The molecule has 3 rings (SSSR count). The van der Waals surface area contributed by atoms with E-state index in [-0.39, 0.29) is 27.0 Å². The number of alkyl halides is 1. The van der Waals surface area contributed by atoms with Crippen LogP contribution in [0.1, 0.15) is 43.6 Å². The number of halogens is 3. The molecule has 1 aromatic heterocycles. The lowest BCUT2D eigenvalue weighted by atomic mass is 10.2. The Hall–Kier alpha value is -3.08. The van der Waals surface area contributed by atoms with Gasteiger partial charge in [-0.15, -0.1) is 0 Å². The summed E-state index contributed by atoms with van der Waals surface area (Å²) in [5.74, 6) is -1.58. The van der Waals surface area contributed by atoms with Crippen LogP contribution < -0.4 is 16.8 Å². The van der Waals surface area contributed by atoms with Crippen molar-refractivity contribution in [3.8, 4) is 10.6 Å². The second-order valence-electron chi connectivity index (χ2n) is 6.95. The normalized spacial score (nSPS) is 17.2. The minimum Gasteiger partial charge on any atom is -0.403 e. The largest absolute Gasteiger partial charge is 0.403 e. The van der Waals surface area contributed by atoms with Gasteiger partial charge in [0.05, 0.1) is 5.70 Å². The summed E-state index contributed by atoms with van der Waals surface area (Å²) in [4.78, 5) is 23.0. The first-order chi connectivity index (χ1) is 15.8. The van der Waals surface area contributed by atoms with Gasteiger partial charge in [0.25, 0.3) is 5.91 Å². The van der Waals surface area contributed by atoms with Crippen molar-refractivity contribution in [2.45, 2.75) is 39.3 Å². The van der Waals surface area contributed by atoms with Crippen LogP contribution in [0.4, 0.5) is 18.2 Å². The average Bonchev–Trinajstić information content (AvgIpc) is 3.07. The van der Waals surface area contributed by atoms with Crippen LogP contribution in [0.25, 0.3) is 10.6 Å². The molecule has 1 fully saturated rings. The van der Waals surface area contributed by atoms with Gasteiger partial charge in [0, 0.05) is 31.9 Å². The Kier molecular flexibility index (Phi) is 9.71. The molecule has 0 spiro atoms. The fraction of sp³-hybridized carbons (Fsp3) is 0.409. The predicted octanol–water partition coefficient (Wildman–Crippen LogP) is 4.08. The molecule has 2 aromatic rings. The summed E-state index contributed by atoms with van der Waals surface area (Å²) in [6, 6.07) is 2.95. The quantitative estimate of drug-likeness (QED) is 0.449. The lowest BCUT2D eigenvalue weighted by Crippen LogP contribution is -2.40. The third kappa shape index (κ3) is 6.47. The van der Waals surface area contributed by atoms with Gasteiger partial charge in [-0.3, -0.25) is 9.79 Å². The number of amides is 1. The van der Waals surface area contributed by atoms with E-state index in [9.17, 15) is 18.0 Å². The van der Waals surface area contributed by atoms with Crippen molar-refractivity contribution in [2.75, 3.05) is 25.9 Å². The molecule has 2 heterocycles. The zero-order chi connectivity index (χ0) is 24.5. The molecule has 0 bridgehead atoms. The molecule has 1 aliphatic heterocycles. The maximum atomic E-state index is 14.1. The molecule has 0 saturated carbocycles. The number of nitrogens with two attached hydrogens (primary N) is 2. The maximum Gasteiger partial charge on any atom is 0.277 e. The first kappa shape index (κ1) is 26.2. The number of nitrogen functional groups attached to an aromatic ring is 1. The van der Waals surface area contributed by atoms with Crippen molar-refractivity contribution in [3.05, 3.63) is 47.4 Å². The number of amidine groups is 1. The number of thiazole rings is 1. The van der Waals surface area contributed by atoms with E-state index >= 15 is 0 Å². The molecule has 11 heteroatoms. The van der Waals surface area contributed by atoms with E-state index in [4.69, 9.17) is 11.5 Å². The van der Waals surface area contributed by atoms with Crippen molar-refractivity contribution < 1.29 is 18.0 Å². The van der Waals surface area contributed by atoms with Crippen molar-refractivity contribution in [2.24, 2.45) is 10.7 Å². The van der Waals surface area contributed by atoms with Gasteiger partial charge in [-0.2, -0.15) is 0 Å². The molecule has 7 nitrogen and oxygen atoms in total. The number of carbonyl (C=O) groups excluding carboxylic acids is 1. The number of likely N-dealkylation sites (tertiary alicyclic amines) is 1. The summed E-state index contributed by atoms with van der Waals surface area (Å²) in [6.07, 6.45) is 1.78. The van der Waals surface area contributed by atoms with E-state index < -0.39 is 23.7 Å². The zero-order valence-corrected chi connectivity index (χ0v) is 19.7. The highest BCUT2D eigenvalue weighted by Crippen LogP contribution is 2.32. The smallest absolute Gasteiger partial charge is 0.277 e. The summed E-state index contributed by atoms with van der Waals surface area (Å²) in [6.45, 7) is 5.00. The number of aromatic nitrogens is 1. The van der Waals surface area contributed by atoms with Gasteiger partial charge in [0.15, 0.2) is 5.69 Å². The van der Waals surface area contributed by atoms with E-state index in [1.54, 1.807) is 7.05 Å². The van der Waals surface area contributed by atoms with E-state index in [0.29, 0.717) is 38.2 Å². The van der Waals surface area contributed by atoms with Crippen molar-refractivity contribution in [3.63, 3.8) is 0 Å². The standard InChI is InChI=1S/C20H23F3N6OS.C2H6/c1-26-18(29-7-2-3-11(21)6-8-29)15(10-24)27-19(30)16-17(25)31-20(28-16)13-9-12(22)4-5-14(13)23;1-2/h4-5,9-11H,2-3,6-8,24-25H2,1H3,(H,27,30);1-2H3/b15-10+,26-18?;. The molecule has 5 N–H and O–H groups in total. The second-order valence-corrected chi connectivity index (χ2v) is 7.98. The van der Waals surface area contributed by atoms with Crippen LogP contribution >= 0.6 is 11.3 Å². The Bertz CT molecular complexity index is 1020. The lowest BCUT2D eigenvalue weighted by molar-refractivity contribution is 0.0964. The van der Waals surface area contributed by atoms with Crippen LogP contribution in [-0.4, -0.2) is 47.9 Å².